The molecule has 5 nitrogen and oxygen atoms in total. The van der Waals surface area contributed by atoms with Crippen molar-refractivity contribution < 1.29 is 18.3 Å². The fourth-order valence-electron chi connectivity index (χ4n) is 1.20. The molecule has 0 atom stereocenters. The third-order valence-corrected chi connectivity index (χ3v) is 3.27. The van der Waals surface area contributed by atoms with E-state index < -0.39 is 21.5 Å². The molecule has 70 valence electrons. The van der Waals surface area contributed by atoms with E-state index >= 15 is 0 Å². The lowest BCUT2D eigenvalue weighted by molar-refractivity contribution is -0.267. The third-order valence-electron chi connectivity index (χ3n) is 1.80. The minimum Gasteiger partial charge on any atom is -0.871 e. The van der Waals surface area contributed by atoms with E-state index in [0.29, 0.717) is 0 Å². The molecule has 0 saturated heterocycles. The minimum atomic E-state index is -3.51. The summed E-state index contributed by atoms with van der Waals surface area (Å²) < 4.78 is 27.4. The maximum absolute atomic E-state index is 11.3. The third kappa shape index (κ3) is 1.02. The zero-order valence-electron chi connectivity index (χ0n) is 6.48. The van der Waals surface area contributed by atoms with Crippen LogP contribution in [0.2, 0.25) is 0 Å². The van der Waals surface area contributed by atoms with Crippen LogP contribution in [0.5, 0.6) is 11.5 Å². The van der Waals surface area contributed by atoms with Crippen LogP contribution in [0.3, 0.4) is 0 Å². The van der Waals surface area contributed by atoms with E-state index in [1.165, 1.54) is 12.1 Å². The Morgan fingerprint density at radius 2 is 2.15 bits per heavy atom. The van der Waals surface area contributed by atoms with E-state index in [1.807, 2.05) is 0 Å². The van der Waals surface area contributed by atoms with Crippen LogP contribution in [0, 0.1) is 0 Å². The highest BCUT2D eigenvalue weighted by Gasteiger charge is 2.30. The molecule has 0 unspecified atom stereocenters. The zero-order valence-corrected chi connectivity index (χ0v) is 7.30. The van der Waals surface area contributed by atoms with Gasteiger partial charge in [-0.15, -0.1) is 0 Å². The number of sulfone groups is 1. The molecule has 1 aromatic carbocycles. The predicted molar refractivity (Wildman–Crippen MR) is 43.0 cm³/mol. The number of hydrogen-bond acceptors (Lipinski definition) is 5. The second-order valence-electron chi connectivity index (χ2n) is 2.68. The van der Waals surface area contributed by atoms with Gasteiger partial charge in [0.05, 0.1) is 0 Å². The van der Waals surface area contributed by atoms with Crippen LogP contribution in [-0.4, -0.2) is 14.4 Å². The molecule has 0 amide bonds. The highest BCUT2D eigenvalue weighted by molar-refractivity contribution is 7.91. The summed E-state index contributed by atoms with van der Waals surface area (Å²) in [4.78, 5) is -0.167. The Kier molecular flexibility index (Phi) is 1.44. The molecule has 1 aliphatic heterocycles. The maximum atomic E-state index is 11.3. The van der Waals surface area contributed by atoms with Gasteiger partial charge in [-0.2, -0.15) is 0 Å². The van der Waals surface area contributed by atoms with Crippen LogP contribution in [0.4, 0.5) is 5.69 Å². The Labute approximate surface area is 74.7 Å². The molecule has 1 heterocycles. The molecule has 0 aliphatic carbocycles. The van der Waals surface area contributed by atoms with E-state index in [2.05, 4.69) is 0 Å². The van der Waals surface area contributed by atoms with Crippen molar-refractivity contribution in [1.82, 2.24) is 0 Å². The van der Waals surface area contributed by atoms with E-state index in [9.17, 15) is 13.5 Å². The summed E-state index contributed by atoms with van der Waals surface area (Å²) >= 11 is 0. The second kappa shape index (κ2) is 2.29. The van der Waals surface area contributed by atoms with Gasteiger partial charge in [-0.05, 0) is 6.07 Å². The van der Waals surface area contributed by atoms with Gasteiger partial charge in [0.25, 0.3) is 0 Å². The molecule has 0 spiro atoms. The van der Waals surface area contributed by atoms with Gasteiger partial charge in [-0.1, -0.05) is 11.8 Å². The first-order valence-electron chi connectivity index (χ1n) is 3.47. The fourth-order valence-corrected chi connectivity index (χ4v) is 2.47. The second-order valence-corrected chi connectivity index (χ2v) is 4.56. The summed E-state index contributed by atoms with van der Waals surface area (Å²) in [6, 6.07) is 2.51. The number of nitrogens with two attached hydrogens (primary N) is 1. The van der Waals surface area contributed by atoms with Crippen LogP contribution in [-0.2, 0) is 9.84 Å². The SMILES string of the molecule is Nc1c([O-])ccc2c1S(=O)(=O)CO2. The molecule has 2 N–H and O–H groups in total. The summed E-state index contributed by atoms with van der Waals surface area (Å²) in [5.41, 5.74) is 5.08. The summed E-state index contributed by atoms with van der Waals surface area (Å²) in [5.74, 6) is -0.763. The van der Waals surface area contributed by atoms with E-state index in [4.69, 9.17) is 10.5 Å². The number of ether oxygens (including phenoxy) is 1. The number of nitrogen functional groups attached to an aromatic ring is 1. The summed E-state index contributed by atoms with van der Waals surface area (Å²) in [6.07, 6.45) is 0. The van der Waals surface area contributed by atoms with Gasteiger partial charge in [0.1, 0.15) is 10.6 Å². The fraction of sp³-hybridized carbons (Fsp3) is 0.143. The van der Waals surface area contributed by atoms with Crippen LogP contribution >= 0.6 is 0 Å². The average molecular weight is 200 g/mol. The monoisotopic (exact) mass is 200 g/mol. The Hall–Kier alpha value is -1.43. The van der Waals surface area contributed by atoms with Gasteiger partial charge in [-0.25, -0.2) is 8.42 Å². The number of benzene rings is 1. The quantitative estimate of drug-likeness (QED) is 0.568. The molecule has 2 rings (SSSR count). The maximum Gasteiger partial charge on any atom is 0.218 e. The predicted octanol–water partition coefficient (Wildman–Crippen LogP) is -0.534. The van der Waals surface area contributed by atoms with E-state index in [0.717, 1.165) is 0 Å². The van der Waals surface area contributed by atoms with Crippen LogP contribution in [0.25, 0.3) is 0 Å². The lowest BCUT2D eigenvalue weighted by Gasteiger charge is -2.10. The van der Waals surface area contributed by atoms with Crippen molar-refractivity contribution >= 4 is 15.5 Å². The standard InChI is InChI=1S/C7H7NO4S/c8-6-4(9)1-2-5-7(6)13(10,11)3-12-5/h1-2,9H,3,8H2/p-1. The van der Waals surface area contributed by atoms with Crippen molar-refractivity contribution in [2.75, 3.05) is 11.7 Å². The van der Waals surface area contributed by atoms with Crippen LogP contribution in [0.15, 0.2) is 17.0 Å². The first-order chi connectivity index (χ1) is 6.02. The molecule has 0 fully saturated rings. The Morgan fingerprint density at radius 3 is 2.85 bits per heavy atom. The molecule has 0 bridgehead atoms. The largest absolute Gasteiger partial charge is 0.871 e. The lowest BCUT2D eigenvalue weighted by atomic mass is 10.3. The van der Waals surface area contributed by atoms with Crippen LogP contribution < -0.4 is 15.6 Å². The van der Waals surface area contributed by atoms with Gasteiger partial charge in [0.2, 0.25) is 9.84 Å². The normalized spacial score (nSPS) is 17.8. The van der Waals surface area contributed by atoms with E-state index in [-0.39, 0.29) is 16.3 Å². The van der Waals surface area contributed by atoms with Gasteiger partial charge in [0, 0.05) is 5.69 Å². The number of anilines is 1. The van der Waals surface area contributed by atoms with Gasteiger partial charge >= 0.3 is 0 Å². The lowest BCUT2D eigenvalue weighted by Crippen LogP contribution is -2.05. The molecule has 6 heteroatoms. The Bertz CT molecular complexity index is 466. The first kappa shape index (κ1) is 8.18. The van der Waals surface area contributed by atoms with Crippen molar-refractivity contribution in [3.63, 3.8) is 0 Å². The number of hydrogen-bond donors (Lipinski definition) is 1. The Balaban J connectivity index is 2.83. The zero-order chi connectivity index (χ0) is 9.64. The molecule has 0 saturated carbocycles. The smallest absolute Gasteiger partial charge is 0.218 e. The van der Waals surface area contributed by atoms with Gasteiger partial charge in [-0.3, -0.25) is 0 Å². The van der Waals surface area contributed by atoms with Crippen molar-refractivity contribution in [1.29, 1.82) is 0 Å². The summed E-state index contributed by atoms with van der Waals surface area (Å²) in [7, 11) is -3.51. The average Bonchev–Trinajstić information content (AvgIpc) is 2.35. The Morgan fingerprint density at radius 1 is 1.46 bits per heavy atom. The van der Waals surface area contributed by atoms with E-state index in [1.54, 1.807) is 0 Å². The summed E-state index contributed by atoms with van der Waals surface area (Å²) in [5, 5.41) is 11.0. The summed E-state index contributed by atoms with van der Waals surface area (Å²) in [6.45, 7) is 0. The highest BCUT2D eigenvalue weighted by Crippen LogP contribution is 2.39. The van der Waals surface area contributed by atoms with Crippen LogP contribution in [0.1, 0.15) is 0 Å². The number of fused-ring (bicyclic) bond motifs is 1. The van der Waals surface area contributed by atoms with Crippen molar-refractivity contribution in [3.8, 4) is 11.5 Å². The topological polar surface area (TPSA) is 92.5 Å². The molecule has 0 aromatic heterocycles. The minimum absolute atomic E-state index is 0.164. The molecule has 1 aliphatic rings. The van der Waals surface area contributed by atoms with Crippen molar-refractivity contribution in [2.45, 2.75) is 4.90 Å². The number of rotatable bonds is 0. The van der Waals surface area contributed by atoms with Gasteiger partial charge < -0.3 is 15.6 Å². The molecule has 0 radical (unpaired) electrons. The van der Waals surface area contributed by atoms with Crippen molar-refractivity contribution in [2.24, 2.45) is 0 Å². The molecular weight excluding hydrogens is 194 g/mol. The first-order valence-corrected chi connectivity index (χ1v) is 5.12. The molecular formula is C7H6NO4S-. The highest BCUT2D eigenvalue weighted by atomic mass is 32.2. The molecule has 13 heavy (non-hydrogen) atoms. The van der Waals surface area contributed by atoms with Gasteiger partial charge in [0.15, 0.2) is 5.94 Å². The van der Waals surface area contributed by atoms with Crippen molar-refractivity contribution in [3.05, 3.63) is 12.1 Å². The molecule has 1 aromatic rings.